The van der Waals surface area contributed by atoms with E-state index in [9.17, 15) is 26.6 Å². The second-order valence-corrected chi connectivity index (χ2v) is 7.71. The van der Waals surface area contributed by atoms with Gasteiger partial charge in [-0.1, -0.05) is 0 Å². The zero-order valence-electron chi connectivity index (χ0n) is 15.3. The van der Waals surface area contributed by atoms with Crippen molar-refractivity contribution in [2.24, 2.45) is 5.14 Å². The summed E-state index contributed by atoms with van der Waals surface area (Å²) in [6, 6.07) is 3.48. The van der Waals surface area contributed by atoms with Crippen LogP contribution in [0.1, 0.15) is 18.4 Å². The number of aromatic nitrogens is 1. The maximum atomic E-state index is 14.0. The monoisotopic (exact) mass is 430 g/mol. The lowest BCUT2D eigenvalue weighted by Crippen LogP contribution is -2.53. The van der Waals surface area contributed by atoms with E-state index in [-0.39, 0.29) is 28.5 Å². The van der Waals surface area contributed by atoms with Crippen molar-refractivity contribution in [3.8, 4) is 0 Å². The summed E-state index contributed by atoms with van der Waals surface area (Å²) < 4.78 is 66.9. The second kappa shape index (κ2) is 8.07. The maximum Gasteiger partial charge on any atom is 0.252 e. The molecule has 0 aliphatic carbocycles. The first kappa shape index (κ1) is 21.2. The minimum Gasteiger partial charge on any atom is -0.359 e. The molecule has 1 aromatic carbocycles. The predicted molar refractivity (Wildman–Crippen MR) is 99.9 cm³/mol. The third-order valence-electron chi connectivity index (χ3n) is 4.72. The van der Waals surface area contributed by atoms with Crippen LogP contribution in [0.25, 0.3) is 0 Å². The van der Waals surface area contributed by atoms with Gasteiger partial charge in [-0.3, -0.25) is 4.79 Å². The van der Waals surface area contributed by atoms with Gasteiger partial charge in [-0.2, -0.15) is 0 Å². The molecule has 3 rings (SSSR count). The Balaban J connectivity index is 1.92. The van der Waals surface area contributed by atoms with Crippen LogP contribution in [0.5, 0.6) is 0 Å². The molecule has 2 heterocycles. The number of rotatable bonds is 4. The van der Waals surface area contributed by atoms with Gasteiger partial charge in [0, 0.05) is 42.5 Å². The van der Waals surface area contributed by atoms with E-state index in [2.05, 4.69) is 10.3 Å². The number of nitrogens with one attached hydrogen (secondary N) is 1. The summed E-state index contributed by atoms with van der Waals surface area (Å²) in [6.07, 6.45) is -0.0543. The second-order valence-electron chi connectivity index (χ2n) is 6.69. The summed E-state index contributed by atoms with van der Waals surface area (Å²) in [5.74, 6) is -6.02. The van der Waals surface area contributed by atoms with E-state index in [4.69, 9.17) is 5.14 Å². The van der Waals surface area contributed by atoms with Crippen molar-refractivity contribution in [2.75, 3.05) is 16.8 Å². The van der Waals surface area contributed by atoms with Crippen molar-refractivity contribution in [3.63, 3.8) is 0 Å². The number of halogens is 4. The molecule has 3 N–H and O–H groups in total. The molecular weight excluding hydrogens is 412 g/mol. The summed E-state index contributed by atoms with van der Waals surface area (Å²) in [5, 5.41) is 7.74. The van der Waals surface area contributed by atoms with Gasteiger partial charge >= 0.3 is 0 Å². The Hall–Kier alpha value is -2.53. The van der Waals surface area contributed by atoms with Crippen LogP contribution in [0.2, 0.25) is 0 Å². The van der Waals surface area contributed by atoms with Crippen molar-refractivity contribution in [2.45, 2.75) is 36.8 Å². The van der Waals surface area contributed by atoms with Gasteiger partial charge in [0.05, 0.1) is 0 Å². The molecule has 1 saturated heterocycles. The third-order valence-corrected chi connectivity index (χ3v) is 5.35. The fraction of sp³-hybridized carbons (Fsp3) is 0.333. The molecule has 1 fully saturated rings. The summed E-state index contributed by atoms with van der Waals surface area (Å²) in [7, 11) is -1.89. The number of carbonyl (C=O) groups is 1. The molecule has 156 valence electrons. The summed E-state index contributed by atoms with van der Waals surface area (Å²) in [6.45, 7) is 1.10. The Labute approximate surface area is 166 Å². The lowest BCUT2D eigenvalue weighted by Gasteiger charge is -2.40. The molecule has 11 heteroatoms. The van der Waals surface area contributed by atoms with E-state index in [1.165, 1.54) is 36.2 Å². The van der Waals surface area contributed by atoms with Crippen molar-refractivity contribution >= 4 is 28.3 Å². The van der Waals surface area contributed by atoms with E-state index in [1.807, 2.05) is 0 Å². The van der Waals surface area contributed by atoms with E-state index in [0.29, 0.717) is 0 Å². The quantitative estimate of drug-likeness (QED) is 0.731. The fourth-order valence-corrected chi connectivity index (χ4v) is 3.64. The first-order valence-corrected chi connectivity index (χ1v) is 9.82. The highest BCUT2D eigenvalue weighted by molar-refractivity contribution is 7.82. The molecule has 1 aliphatic rings. The van der Waals surface area contributed by atoms with Gasteiger partial charge in [-0.05, 0) is 31.2 Å². The van der Waals surface area contributed by atoms with Gasteiger partial charge in [0.2, 0.25) is 5.91 Å². The minimum atomic E-state index is -3.09. The SMILES string of the molecule is Cc1c(N2CCC(F)(F)CC2C(=O)Nc2ccnc(S(N)=O)c2)ccc(F)c1F. The molecule has 0 radical (unpaired) electrons. The Kier molecular flexibility index (Phi) is 5.90. The first-order valence-electron chi connectivity index (χ1n) is 8.61. The van der Waals surface area contributed by atoms with Gasteiger partial charge in [-0.25, -0.2) is 31.9 Å². The maximum absolute atomic E-state index is 14.0. The van der Waals surface area contributed by atoms with Crippen LogP contribution in [0.4, 0.5) is 28.9 Å². The lowest BCUT2D eigenvalue weighted by molar-refractivity contribution is -0.121. The molecule has 2 unspecified atom stereocenters. The van der Waals surface area contributed by atoms with Crippen LogP contribution in [0, 0.1) is 18.6 Å². The largest absolute Gasteiger partial charge is 0.359 e. The van der Waals surface area contributed by atoms with Gasteiger partial charge in [0.25, 0.3) is 5.92 Å². The molecule has 0 bridgehead atoms. The smallest absolute Gasteiger partial charge is 0.252 e. The van der Waals surface area contributed by atoms with Crippen LogP contribution < -0.4 is 15.4 Å². The highest BCUT2D eigenvalue weighted by Gasteiger charge is 2.44. The van der Waals surface area contributed by atoms with Crippen molar-refractivity contribution < 1.29 is 26.6 Å². The average molecular weight is 430 g/mol. The van der Waals surface area contributed by atoms with E-state index < -0.39 is 53.3 Å². The number of anilines is 2. The van der Waals surface area contributed by atoms with Crippen LogP contribution >= 0.6 is 0 Å². The Bertz CT molecular complexity index is 973. The summed E-state index contributed by atoms with van der Waals surface area (Å²) in [5.41, 5.74) is 0.269. The normalized spacial score (nSPS) is 19.7. The molecule has 0 saturated carbocycles. The standard InChI is InChI=1S/C18H18F4N4O2S/c1-10-13(3-2-12(19)16(10)20)26-7-5-18(21,22)9-14(26)17(27)25-11-4-6-24-15(8-11)29(23)28/h2-4,6,8,14H,5,7,9,23H2,1H3,(H,24,25,27). The zero-order valence-corrected chi connectivity index (χ0v) is 16.1. The molecule has 1 aliphatic heterocycles. The fourth-order valence-electron chi connectivity index (χ4n) is 3.23. The Morgan fingerprint density at radius 1 is 1.34 bits per heavy atom. The molecule has 1 aromatic heterocycles. The molecule has 2 aromatic rings. The average Bonchev–Trinajstić information content (AvgIpc) is 2.66. The topological polar surface area (TPSA) is 88.3 Å². The highest BCUT2D eigenvalue weighted by Crippen LogP contribution is 2.37. The van der Waals surface area contributed by atoms with Crippen molar-refractivity contribution in [3.05, 3.63) is 47.7 Å². The molecule has 29 heavy (non-hydrogen) atoms. The summed E-state index contributed by atoms with van der Waals surface area (Å²) in [4.78, 5) is 17.9. The van der Waals surface area contributed by atoms with Gasteiger partial charge in [0.1, 0.15) is 22.1 Å². The highest BCUT2D eigenvalue weighted by atomic mass is 32.2. The molecule has 2 atom stereocenters. The van der Waals surface area contributed by atoms with Gasteiger partial charge in [0.15, 0.2) is 11.6 Å². The lowest BCUT2D eigenvalue weighted by atomic mass is 9.95. The number of hydrogen-bond donors (Lipinski definition) is 2. The number of hydrogen-bond acceptors (Lipinski definition) is 4. The number of benzene rings is 1. The molecule has 6 nitrogen and oxygen atoms in total. The molecule has 1 amide bonds. The zero-order chi connectivity index (χ0) is 21.3. The van der Waals surface area contributed by atoms with E-state index in [1.54, 1.807) is 0 Å². The van der Waals surface area contributed by atoms with Crippen molar-refractivity contribution in [1.82, 2.24) is 4.98 Å². The number of nitrogens with zero attached hydrogens (tertiary/aromatic N) is 2. The third kappa shape index (κ3) is 4.56. The van der Waals surface area contributed by atoms with Crippen LogP contribution in [-0.4, -0.2) is 33.6 Å². The summed E-state index contributed by atoms with van der Waals surface area (Å²) >= 11 is 0. The number of nitrogens with two attached hydrogens (primary N) is 1. The van der Waals surface area contributed by atoms with Gasteiger partial charge in [-0.15, -0.1) is 0 Å². The number of amides is 1. The van der Waals surface area contributed by atoms with E-state index >= 15 is 0 Å². The predicted octanol–water partition coefficient (Wildman–Crippen LogP) is 2.89. The number of carbonyl (C=O) groups excluding carboxylic acids is 1. The van der Waals surface area contributed by atoms with Crippen LogP contribution in [0.3, 0.4) is 0 Å². The molecule has 0 spiro atoms. The number of pyridine rings is 1. The number of piperidine rings is 1. The van der Waals surface area contributed by atoms with Crippen molar-refractivity contribution in [1.29, 1.82) is 0 Å². The number of alkyl halides is 2. The Morgan fingerprint density at radius 2 is 2.07 bits per heavy atom. The minimum absolute atomic E-state index is 0.00470. The van der Waals surface area contributed by atoms with E-state index in [0.717, 1.165) is 6.07 Å². The molecular formula is C18H18F4N4O2S. The van der Waals surface area contributed by atoms with Crippen LogP contribution in [0.15, 0.2) is 35.5 Å². The van der Waals surface area contributed by atoms with Gasteiger partial charge < -0.3 is 10.2 Å². The first-order chi connectivity index (χ1) is 13.6. The van der Waals surface area contributed by atoms with Crippen LogP contribution in [-0.2, 0) is 15.8 Å². The Morgan fingerprint density at radius 3 is 2.76 bits per heavy atom.